The molecule has 2 aromatic rings. The number of hydrogen-bond donors (Lipinski definition) is 1. The van der Waals surface area contributed by atoms with Gasteiger partial charge in [-0.15, -0.1) is 0 Å². The Labute approximate surface area is 170 Å². The van der Waals surface area contributed by atoms with Gasteiger partial charge in [-0.2, -0.15) is 5.10 Å². The van der Waals surface area contributed by atoms with Crippen LogP contribution in [0.2, 0.25) is 0 Å². The standard InChI is InChI=1S/C21H27N5O3/c27-21(19-16-4-1-5-17(16)23-24-19)26-9-12-29-18(14-25-7-10-28-11-8-25)20(26)15-3-2-6-22-13-15/h2-3,6,13,18,20H,1,4-5,7-12,14H2,(H,23,24)/t18-,20-/m0/s1. The highest BCUT2D eigenvalue weighted by molar-refractivity contribution is 5.94. The van der Waals surface area contributed by atoms with Gasteiger partial charge in [0, 0.05) is 49.8 Å². The summed E-state index contributed by atoms with van der Waals surface area (Å²) in [4.78, 5) is 22.2. The molecule has 0 unspecified atom stereocenters. The van der Waals surface area contributed by atoms with Crippen LogP contribution < -0.4 is 0 Å². The molecule has 154 valence electrons. The van der Waals surface area contributed by atoms with Crippen molar-refractivity contribution in [2.75, 3.05) is 46.0 Å². The molecular weight excluding hydrogens is 370 g/mol. The van der Waals surface area contributed by atoms with Crippen LogP contribution >= 0.6 is 0 Å². The van der Waals surface area contributed by atoms with E-state index in [4.69, 9.17) is 9.47 Å². The number of nitrogens with zero attached hydrogens (tertiary/aromatic N) is 4. The Morgan fingerprint density at radius 2 is 2.10 bits per heavy atom. The number of carbonyl (C=O) groups is 1. The molecule has 3 aliphatic rings. The molecule has 0 spiro atoms. The molecule has 0 radical (unpaired) electrons. The molecule has 4 heterocycles. The molecule has 1 aliphatic carbocycles. The summed E-state index contributed by atoms with van der Waals surface area (Å²) < 4.78 is 11.7. The van der Waals surface area contributed by atoms with E-state index in [1.165, 1.54) is 0 Å². The van der Waals surface area contributed by atoms with Gasteiger partial charge in [0.2, 0.25) is 0 Å². The highest BCUT2D eigenvalue weighted by atomic mass is 16.5. The van der Waals surface area contributed by atoms with E-state index < -0.39 is 0 Å². The highest BCUT2D eigenvalue weighted by Gasteiger charge is 2.39. The van der Waals surface area contributed by atoms with Gasteiger partial charge in [0.05, 0.1) is 32.0 Å². The van der Waals surface area contributed by atoms with Gasteiger partial charge in [0.15, 0.2) is 5.69 Å². The van der Waals surface area contributed by atoms with Crippen LogP contribution in [0.4, 0.5) is 0 Å². The fraction of sp³-hybridized carbons (Fsp3) is 0.571. The predicted octanol–water partition coefficient (Wildman–Crippen LogP) is 1.21. The number of pyridine rings is 1. The number of fused-ring (bicyclic) bond motifs is 1. The summed E-state index contributed by atoms with van der Waals surface area (Å²) in [6.45, 7) is 5.12. The summed E-state index contributed by atoms with van der Waals surface area (Å²) in [5, 5.41) is 7.46. The van der Waals surface area contributed by atoms with Crippen LogP contribution in [-0.2, 0) is 22.3 Å². The van der Waals surface area contributed by atoms with Crippen molar-refractivity contribution in [2.45, 2.75) is 31.4 Å². The van der Waals surface area contributed by atoms with Gasteiger partial charge in [0.1, 0.15) is 0 Å². The molecule has 5 rings (SSSR count). The number of amides is 1. The zero-order valence-corrected chi connectivity index (χ0v) is 16.5. The first-order chi connectivity index (χ1) is 14.3. The minimum Gasteiger partial charge on any atom is -0.379 e. The van der Waals surface area contributed by atoms with Crippen molar-refractivity contribution in [2.24, 2.45) is 0 Å². The molecule has 0 saturated carbocycles. The second-order valence-corrected chi connectivity index (χ2v) is 7.93. The largest absolute Gasteiger partial charge is 0.379 e. The van der Waals surface area contributed by atoms with Gasteiger partial charge in [-0.25, -0.2) is 0 Å². The van der Waals surface area contributed by atoms with Crippen molar-refractivity contribution in [3.8, 4) is 0 Å². The van der Waals surface area contributed by atoms with Gasteiger partial charge in [-0.1, -0.05) is 6.07 Å². The Morgan fingerprint density at radius 1 is 1.21 bits per heavy atom. The second-order valence-electron chi connectivity index (χ2n) is 7.93. The van der Waals surface area contributed by atoms with Crippen LogP contribution in [-0.4, -0.2) is 83.0 Å². The highest BCUT2D eigenvalue weighted by Crippen LogP contribution is 2.33. The molecular formula is C21H27N5O3. The van der Waals surface area contributed by atoms with Crippen LogP contribution in [0.5, 0.6) is 0 Å². The normalized spacial score (nSPS) is 25.2. The molecule has 2 saturated heterocycles. The summed E-state index contributed by atoms with van der Waals surface area (Å²) >= 11 is 0. The molecule has 29 heavy (non-hydrogen) atoms. The third-order valence-electron chi connectivity index (χ3n) is 6.19. The first kappa shape index (κ1) is 18.7. The van der Waals surface area contributed by atoms with Crippen LogP contribution in [0.1, 0.15) is 39.8 Å². The van der Waals surface area contributed by atoms with Gasteiger partial charge >= 0.3 is 0 Å². The van der Waals surface area contributed by atoms with E-state index in [2.05, 4.69) is 20.1 Å². The van der Waals surface area contributed by atoms with Crippen molar-refractivity contribution in [3.05, 3.63) is 47.0 Å². The number of nitrogens with one attached hydrogen (secondary N) is 1. The lowest BCUT2D eigenvalue weighted by Crippen LogP contribution is -2.53. The molecule has 8 nitrogen and oxygen atoms in total. The average molecular weight is 397 g/mol. The Hall–Kier alpha value is -2.29. The number of ether oxygens (including phenoxy) is 2. The van der Waals surface area contributed by atoms with Gasteiger partial charge < -0.3 is 14.4 Å². The summed E-state index contributed by atoms with van der Waals surface area (Å²) in [6.07, 6.45) is 6.48. The number of carbonyl (C=O) groups excluding carboxylic acids is 1. The lowest BCUT2D eigenvalue weighted by molar-refractivity contribution is -0.0820. The summed E-state index contributed by atoms with van der Waals surface area (Å²) in [7, 11) is 0. The van der Waals surface area contributed by atoms with Crippen molar-refractivity contribution >= 4 is 5.91 Å². The smallest absolute Gasteiger partial charge is 0.275 e. The lowest BCUT2D eigenvalue weighted by Gasteiger charge is -2.43. The summed E-state index contributed by atoms with van der Waals surface area (Å²) in [5.41, 5.74) is 3.80. The molecule has 2 atom stereocenters. The Kier molecular flexibility index (Phi) is 5.30. The molecule has 1 N–H and O–H groups in total. The van der Waals surface area contributed by atoms with Gasteiger partial charge in [0.25, 0.3) is 5.91 Å². The van der Waals surface area contributed by atoms with E-state index in [9.17, 15) is 4.79 Å². The van der Waals surface area contributed by atoms with E-state index in [1.54, 1.807) is 6.20 Å². The maximum atomic E-state index is 13.6. The lowest BCUT2D eigenvalue weighted by atomic mass is 9.98. The van der Waals surface area contributed by atoms with E-state index in [0.717, 1.165) is 68.9 Å². The molecule has 8 heteroatoms. The summed E-state index contributed by atoms with van der Waals surface area (Å²) in [5.74, 6) is -0.00599. The molecule has 2 aliphatic heterocycles. The number of H-pyrrole nitrogens is 1. The third-order valence-corrected chi connectivity index (χ3v) is 6.19. The van der Waals surface area contributed by atoms with Crippen LogP contribution in [0, 0.1) is 0 Å². The first-order valence-corrected chi connectivity index (χ1v) is 10.5. The molecule has 2 aromatic heterocycles. The fourth-order valence-corrected chi connectivity index (χ4v) is 4.73. The zero-order chi connectivity index (χ0) is 19.6. The number of aromatic nitrogens is 3. The Morgan fingerprint density at radius 3 is 2.93 bits per heavy atom. The number of aromatic amines is 1. The first-order valence-electron chi connectivity index (χ1n) is 10.5. The quantitative estimate of drug-likeness (QED) is 0.835. The molecule has 2 fully saturated rings. The van der Waals surface area contributed by atoms with E-state index in [-0.39, 0.29) is 18.1 Å². The monoisotopic (exact) mass is 397 g/mol. The van der Waals surface area contributed by atoms with Crippen LogP contribution in [0.3, 0.4) is 0 Å². The molecule has 0 bridgehead atoms. The number of aryl methyl sites for hydroxylation is 1. The van der Waals surface area contributed by atoms with Crippen molar-refractivity contribution in [1.82, 2.24) is 25.0 Å². The van der Waals surface area contributed by atoms with Crippen molar-refractivity contribution in [1.29, 1.82) is 0 Å². The topological polar surface area (TPSA) is 83.6 Å². The number of hydrogen-bond acceptors (Lipinski definition) is 6. The van der Waals surface area contributed by atoms with E-state index >= 15 is 0 Å². The minimum absolute atomic E-state index is 0.00599. The Balaban J connectivity index is 1.44. The summed E-state index contributed by atoms with van der Waals surface area (Å²) in [6, 6.07) is 3.78. The number of rotatable bonds is 4. The number of morpholine rings is 2. The maximum absolute atomic E-state index is 13.6. The maximum Gasteiger partial charge on any atom is 0.275 e. The second kappa shape index (κ2) is 8.22. The van der Waals surface area contributed by atoms with Crippen molar-refractivity contribution < 1.29 is 14.3 Å². The SMILES string of the molecule is O=C(c1n[nH]c2c1CCC2)N1CCO[C@@H](CN2CCOCC2)[C@@H]1c1cccnc1. The fourth-order valence-electron chi connectivity index (χ4n) is 4.73. The average Bonchev–Trinajstić information content (AvgIpc) is 3.38. The zero-order valence-electron chi connectivity index (χ0n) is 16.5. The van der Waals surface area contributed by atoms with Crippen molar-refractivity contribution in [3.63, 3.8) is 0 Å². The molecule has 1 amide bonds. The van der Waals surface area contributed by atoms with Crippen LogP contribution in [0.15, 0.2) is 24.5 Å². The van der Waals surface area contributed by atoms with Gasteiger partial charge in [-0.3, -0.25) is 19.8 Å². The van der Waals surface area contributed by atoms with Gasteiger partial charge in [-0.05, 0) is 30.9 Å². The minimum atomic E-state index is -0.179. The van der Waals surface area contributed by atoms with E-state index in [0.29, 0.717) is 18.8 Å². The third kappa shape index (κ3) is 3.68. The van der Waals surface area contributed by atoms with E-state index in [1.807, 2.05) is 23.2 Å². The Bertz CT molecular complexity index is 849. The predicted molar refractivity (Wildman–Crippen MR) is 106 cm³/mol. The molecule has 0 aromatic carbocycles. The van der Waals surface area contributed by atoms with Crippen LogP contribution in [0.25, 0.3) is 0 Å².